The van der Waals surface area contributed by atoms with Crippen LogP contribution >= 0.6 is 11.8 Å². The zero-order valence-electron chi connectivity index (χ0n) is 17.0. The van der Waals surface area contributed by atoms with Gasteiger partial charge in [0, 0.05) is 24.0 Å². The molecule has 2 heterocycles. The third-order valence-corrected chi connectivity index (χ3v) is 8.11. The monoisotopic (exact) mass is 391 g/mol. The largest absolute Gasteiger partial charge is 0.356 e. The molecule has 0 aromatic heterocycles. The van der Waals surface area contributed by atoms with Gasteiger partial charge in [-0.05, 0) is 57.1 Å². The van der Waals surface area contributed by atoms with E-state index in [1.165, 1.54) is 22.3 Å². The summed E-state index contributed by atoms with van der Waals surface area (Å²) in [5, 5.41) is 9.57. The Morgan fingerprint density at radius 3 is 2.67 bits per heavy atom. The van der Waals surface area contributed by atoms with Crippen molar-refractivity contribution < 1.29 is 9.59 Å². The molecule has 3 rings (SSSR count). The molecule has 0 spiro atoms. The summed E-state index contributed by atoms with van der Waals surface area (Å²) in [6.45, 7) is 9.61. The minimum atomic E-state index is -0.0304. The van der Waals surface area contributed by atoms with Crippen molar-refractivity contribution >= 4 is 23.7 Å². The molecule has 0 saturated carbocycles. The molecule has 0 bridgehead atoms. The minimum Gasteiger partial charge on any atom is -0.356 e. The van der Waals surface area contributed by atoms with Crippen LogP contribution in [0.25, 0.3) is 0 Å². The van der Waals surface area contributed by atoms with Crippen molar-refractivity contribution in [2.75, 3.05) is 12.3 Å². The van der Waals surface area contributed by atoms with E-state index in [2.05, 4.69) is 43.6 Å². The molecule has 4 atom stereocenters. The van der Waals surface area contributed by atoms with Crippen LogP contribution in [-0.2, 0) is 4.79 Å². The number of urea groups is 1. The molecule has 6 heteroatoms. The van der Waals surface area contributed by atoms with Crippen molar-refractivity contribution in [1.82, 2.24) is 16.0 Å². The first kappa shape index (κ1) is 20.3. The Bertz CT molecular complexity index is 670. The second kappa shape index (κ2) is 8.72. The Kier molecular flexibility index (Phi) is 6.56. The van der Waals surface area contributed by atoms with Crippen LogP contribution in [-0.4, -0.2) is 41.6 Å². The summed E-state index contributed by atoms with van der Waals surface area (Å²) in [6.07, 6.45) is 4.56. The zero-order chi connectivity index (χ0) is 19.6. The van der Waals surface area contributed by atoms with Gasteiger partial charge in [-0.15, -0.1) is 0 Å². The number of amides is 3. The highest BCUT2D eigenvalue weighted by Gasteiger charge is 2.42. The second-order valence-corrected chi connectivity index (χ2v) is 9.42. The second-order valence-electron chi connectivity index (χ2n) is 8.15. The lowest BCUT2D eigenvalue weighted by Gasteiger charge is -2.16. The van der Waals surface area contributed by atoms with Crippen LogP contribution in [0.5, 0.6) is 0 Å². The van der Waals surface area contributed by atoms with Gasteiger partial charge in [-0.25, -0.2) is 4.79 Å². The number of allylic oxidation sites excluding steroid dienone is 3. The zero-order valence-corrected chi connectivity index (χ0v) is 17.8. The predicted octanol–water partition coefficient (Wildman–Crippen LogP) is 3.52. The van der Waals surface area contributed by atoms with Crippen molar-refractivity contribution in [3.8, 4) is 0 Å². The van der Waals surface area contributed by atoms with Gasteiger partial charge in [0.15, 0.2) is 0 Å². The van der Waals surface area contributed by atoms with Gasteiger partial charge in [-0.1, -0.05) is 24.5 Å². The van der Waals surface area contributed by atoms with E-state index < -0.39 is 0 Å². The Morgan fingerprint density at radius 1 is 1.19 bits per heavy atom. The smallest absolute Gasteiger partial charge is 0.315 e. The molecule has 5 nitrogen and oxygen atoms in total. The summed E-state index contributed by atoms with van der Waals surface area (Å²) in [5.74, 6) is 1.67. The van der Waals surface area contributed by atoms with E-state index >= 15 is 0 Å². The normalized spacial score (nSPS) is 29.9. The molecule has 0 radical (unpaired) electrons. The molecule has 0 aromatic carbocycles. The summed E-state index contributed by atoms with van der Waals surface area (Å²) in [6, 6.07) is 0.521. The molecule has 2 aliphatic heterocycles. The number of hydrogen-bond donors (Lipinski definition) is 3. The van der Waals surface area contributed by atoms with E-state index in [1.54, 1.807) is 0 Å². The van der Waals surface area contributed by atoms with Crippen molar-refractivity contribution in [2.24, 2.45) is 5.92 Å². The Morgan fingerprint density at radius 2 is 1.96 bits per heavy atom. The maximum atomic E-state index is 12.1. The highest BCUT2D eigenvalue weighted by atomic mass is 32.2. The summed E-state index contributed by atoms with van der Waals surface area (Å²) in [7, 11) is 0. The SMILES string of the molecule is CC1=C(C)C(C)C(CCNC(=O)CCCC[C@@H]2SC[C@@H]3NC(=O)N[C@@H]32)=C1C. The van der Waals surface area contributed by atoms with E-state index in [0.717, 1.165) is 38.0 Å². The topological polar surface area (TPSA) is 70.2 Å². The van der Waals surface area contributed by atoms with Crippen LogP contribution in [0.3, 0.4) is 0 Å². The molecule has 2 fully saturated rings. The molecular weight excluding hydrogens is 358 g/mol. The lowest BCUT2D eigenvalue weighted by molar-refractivity contribution is -0.121. The summed E-state index contributed by atoms with van der Waals surface area (Å²) in [4.78, 5) is 23.5. The number of fused-ring (bicyclic) bond motifs is 1. The number of hydrogen-bond acceptors (Lipinski definition) is 3. The lowest BCUT2D eigenvalue weighted by atomic mass is 9.95. The molecule has 150 valence electrons. The Labute approximate surface area is 167 Å². The van der Waals surface area contributed by atoms with Crippen molar-refractivity contribution in [2.45, 2.75) is 77.1 Å². The van der Waals surface area contributed by atoms with E-state index in [1.807, 2.05) is 11.8 Å². The predicted molar refractivity (Wildman–Crippen MR) is 112 cm³/mol. The fourth-order valence-corrected chi connectivity index (χ4v) is 6.09. The number of carbonyl (C=O) groups is 2. The third kappa shape index (κ3) is 4.53. The summed E-state index contributed by atoms with van der Waals surface area (Å²) < 4.78 is 0. The average molecular weight is 392 g/mol. The molecule has 3 aliphatic rings. The molecule has 1 unspecified atom stereocenters. The first-order valence-corrected chi connectivity index (χ1v) is 11.3. The molecular formula is C21H33N3O2S. The molecule has 2 saturated heterocycles. The van der Waals surface area contributed by atoms with Crippen LogP contribution in [0.15, 0.2) is 22.3 Å². The molecule has 1 aliphatic carbocycles. The van der Waals surface area contributed by atoms with Gasteiger partial charge in [0.25, 0.3) is 0 Å². The maximum Gasteiger partial charge on any atom is 0.315 e. The molecule has 3 N–H and O–H groups in total. The average Bonchev–Trinajstić information content (AvgIpc) is 3.23. The van der Waals surface area contributed by atoms with E-state index in [0.29, 0.717) is 17.6 Å². The van der Waals surface area contributed by atoms with Gasteiger partial charge in [-0.2, -0.15) is 11.8 Å². The van der Waals surface area contributed by atoms with Crippen LogP contribution < -0.4 is 16.0 Å². The summed E-state index contributed by atoms with van der Waals surface area (Å²) >= 11 is 1.94. The third-order valence-electron chi connectivity index (χ3n) is 6.61. The van der Waals surface area contributed by atoms with Gasteiger partial charge >= 0.3 is 6.03 Å². The van der Waals surface area contributed by atoms with Crippen molar-refractivity contribution in [3.05, 3.63) is 22.3 Å². The Balaban J connectivity index is 1.29. The number of thioether (sulfide) groups is 1. The fraction of sp³-hybridized carbons (Fsp3) is 0.714. The van der Waals surface area contributed by atoms with Gasteiger partial charge in [0.05, 0.1) is 12.1 Å². The van der Waals surface area contributed by atoms with Crippen molar-refractivity contribution in [3.63, 3.8) is 0 Å². The molecule has 0 aromatic rings. The highest BCUT2D eigenvalue weighted by Crippen LogP contribution is 2.38. The maximum absolute atomic E-state index is 12.1. The van der Waals surface area contributed by atoms with Gasteiger partial charge in [0.1, 0.15) is 0 Å². The highest BCUT2D eigenvalue weighted by molar-refractivity contribution is 8.00. The quantitative estimate of drug-likeness (QED) is 0.438. The Hall–Kier alpha value is -1.43. The van der Waals surface area contributed by atoms with Crippen molar-refractivity contribution in [1.29, 1.82) is 0 Å². The van der Waals surface area contributed by atoms with E-state index in [9.17, 15) is 9.59 Å². The van der Waals surface area contributed by atoms with Gasteiger partial charge in [0.2, 0.25) is 5.91 Å². The number of rotatable bonds is 8. The minimum absolute atomic E-state index is 0.0304. The first-order chi connectivity index (χ1) is 12.9. The number of nitrogens with one attached hydrogen (secondary N) is 3. The number of carbonyl (C=O) groups excluding carboxylic acids is 2. The van der Waals surface area contributed by atoms with Crippen LogP contribution in [0, 0.1) is 5.92 Å². The standard InChI is InChI=1S/C21H33N3O2S/c1-12-13(2)15(4)16(14(12)3)9-10-22-19(25)8-6-5-7-18-20-17(11-27-18)23-21(26)24-20/h14,17-18,20H,5-11H2,1-4H3,(H,22,25)(H2,23,24,26)/t14?,17-,18-,20-/m0/s1. The van der Waals surface area contributed by atoms with Crippen LogP contribution in [0.2, 0.25) is 0 Å². The van der Waals surface area contributed by atoms with E-state index in [-0.39, 0.29) is 24.0 Å². The first-order valence-electron chi connectivity index (χ1n) is 10.2. The van der Waals surface area contributed by atoms with Gasteiger partial charge < -0.3 is 16.0 Å². The number of unbranched alkanes of at least 4 members (excludes halogenated alkanes) is 1. The molecule has 3 amide bonds. The van der Waals surface area contributed by atoms with Crippen LogP contribution in [0.4, 0.5) is 4.79 Å². The summed E-state index contributed by atoms with van der Waals surface area (Å²) in [5.41, 5.74) is 5.78. The van der Waals surface area contributed by atoms with Crippen LogP contribution in [0.1, 0.15) is 59.8 Å². The van der Waals surface area contributed by atoms with E-state index in [4.69, 9.17) is 0 Å². The fourth-order valence-electron chi connectivity index (χ4n) is 4.55. The van der Waals surface area contributed by atoms with Gasteiger partial charge in [-0.3, -0.25) is 4.79 Å². The molecule has 27 heavy (non-hydrogen) atoms. The lowest BCUT2D eigenvalue weighted by Crippen LogP contribution is -2.36.